The molecule has 0 radical (unpaired) electrons. The van der Waals surface area contributed by atoms with E-state index in [1.54, 1.807) is 0 Å². The standard InChI is InChI=1S/C20H24O3/c21-20(23-15-18-10-5-2-6-11-18)13-7-12-19(20)16-22-14-17-8-3-1-4-9-17/h1-6,8-11,19,21H,7,12-16H2. The molecule has 0 amide bonds. The smallest absolute Gasteiger partial charge is 0.170 e. The largest absolute Gasteiger partial charge is 0.376 e. The summed E-state index contributed by atoms with van der Waals surface area (Å²) < 4.78 is 11.7. The van der Waals surface area contributed by atoms with Crippen LogP contribution in [0, 0.1) is 5.92 Å². The van der Waals surface area contributed by atoms with Gasteiger partial charge in [0.2, 0.25) is 0 Å². The monoisotopic (exact) mass is 312 g/mol. The first-order chi connectivity index (χ1) is 11.3. The lowest BCUT2D eigenvalue weighted by molar-refractivity contribution is -0.239. The number of aliphatic hydroxyl groups is 1. The Morgan fingerprint density at radius 2 is 1.52 bits per heavy atom. The predicted octanol–water partition coefficient (Wildman–Crippen LogP) is 3.91. The van der Waals surface area contributed by atoms with Crippen molar-refractivity contribution in [3.05, 3.63) is 71.8 Å². The molecule has 1 fully saturated rings. The Balaban J connectivity index is 1.50. The average Bonchev–Trinajstić information content (AvgIpc) is 2.96. The van der Waals surface area contributed by atoms with Crippen LogP contribution in [0.4, 0.5) is 0 Å². The van der Waals surface area contributed by atoms with E-state index >= 15 is 0 Å². The third-order valence-corrected chi connectivity index (χ3v) is 4.49. The van der Waals surface area contributed by atoms with E-state index in [1.165, 1.54) is 0 Å². The fraction of sp³-hybridized carbons (Fsp3) is 0.400. The molecule has 1 N–H and O–H groups in total. The van der Waals surface area contributed by atoms with E-state index in [1.807, 2.05) is 60.7 Å². The highest BCUT2D eigenvalue weighted by molar-refractivity contribution is 5.14. The summed E-state index contributed by atoms with van der Waals surface area (Å²) in [6.07, 6.45) is 2.60. The topological polar surface area (TPSA) is 38.7 Å². The normalized spacial score (nSPS) is 24.0. The summed E-state index contributed by atoms with van der Waals surface area (Å²) in [5.41, 5.74) is 2.23. The third-order valence-electron chi connectivity index (χ3n) is 4.49. The van der Waals surface area contributed by atoms with Crippen molar-refractivity contribution < 1.29 is 14.6 Å². The van der Waals surface area contributed by atoms with Crippen LogP contribution in [0.2, 0.25) is 0 Å². The van der Waals surface area contributed by atoms with Crippen molar-refractivity contribution in [3.63, 3.8) is 0 Å². The van der Waals surface area contributed by atoms with Crippen LogP contribution < -0.4 is 0 Å². The zero-order chi connectivity index (χ0) is 16.0. The molecule has 122 valence electrons. The zero-order valence-corrected chi connectivity index (χ0v) is 13.4. The van der Waals surface area contributed by atoms with Gasteiger partial charge in [-0.3, -0.25) is 0 Å². The molecule has 3 heteroatoms. The molecular formula is C20H24O3. The summed E-state index contributed by atoms with van der Waals surface area (Å²) in [7, 11) is 0. The second-order valence-electron chi connectivity index (χ2n) is 6.21. The van der Waals surface area contributed by atoms with Crippen LogP contribution in [-0.2, 0) is 22.7 Å². The van der Waals surface area contributed by atoms with E-state index in [9.17, 15) is 5.11 Å². The quantitative estimate of drug-likeness (QED) is 0.788. The Morgan fingerprint density at radius 1 is 0.913 bits per heavy atom. The Labute approximate surface area is 137 Å². The maximum atomic E-state index is 10.8. The van der Waals surface area contributed by atoms with Gasteiger partial charge in [0.05, 0.1) is 19.8 Å². The number of hydrogen-bond donors (Lipinski definition) is 1. The van der Waals surface area contributed by atoms with E-state index in [-0.39, 0.29) is 5.92 Å². The van der Waals surface area contributed by atoms with Crippen LogP contribution in [0.5, 0.6) is 0 Å². The van der Waals surface area contributed by atoms with E-state index in [0.717, 1.165) is 24.0 Å². The first kappa shape index (κ1) is 16.2. The molecule has 0 aromatic heterocycles. The Morgan fingerprint density at radius 3 is 2.17 bits per heavy atom. The highest BCUT2D eigenvalue weighted by Crippen LogP contribution is 2.37. The van der Waals surface area contributed by atoms with Gasteiger partial charge in [-0.2, -0.15) is 0 Å². The van der Waals surface area contributed by atoms with Gasteiger partial charge in [0.1, 0.15) is 0 Å². The molecular weight excluding hydrogens is 288 g/mol. The van der Waals surface area contributed by atoms with Gasteiger partial charge in [-0.1, -0.05) is 60.7 Å². The summed E-state index contributed by atoms with van der Waals surface area (Å²) in [6, 6.07) is 20.1. The van der Waals surface area contributed by atoms with Crippen LogP contribution in [-0.4, -0.2) is 17.5 Å². The lowest BCUT2D eigenvalue weighted by Gasteiger charge is -2.30. The second kappa shape index (κ2) is 7.73. The Kier molecular flexibility index (Phi) is 5.44. The van der Waals surface area contributed by atoms with E-state index in [2.05, 4.69) is 0 Å². The fourth-order valence-electron chi connectivity index (χ4n) is 3.11. The van der Waals surface area contributed by atoms with Crippen molar-refractivity contribution >= 4 is 0 Å². The van der Waals surface area contributed by atoms with Gasteiger partial charge < -0.3 is 14.6 Å². The molecule has 1 saturated carbocycles. The lowest BCUT2D eigenvalue weighted by Crippen LogP contribution is -2.38. The minimum absolute atomic E-state index is 0.0370. The number of hydrogen-bond acceptors (Lipinski definition) is 3. The Bertz CT molecular complexity index is 584. The third kappa shape index (κ3) is 4.41. The molecule has 1 aliphatic rings. The first-order valence-electron chi connectivity index (χ1n) is 8.28. The van der Waals surface area contributed by atoms with Gasteiger partial charge in [-0.05, 0) is 24.0 Å². The van der Waals surface area contributed by atoms with Crippen LogP contribution >= 0.6 is 0 Å². The van der Waals surface area contributed by atoms with Gasteiger partial charge in [-0.25, -0.2) is 0 Å². The maximum Gasteiger partial charge on any atom is 0.170 e. The average molecular weight is 312 g/mol. The lowest BCUT2D eigenvalue weighted by atomic mass is 10.0. The fourth-order valence-corrected chi connectivity index (χ4v) is 3.11. The number of ether oxygens (including phenoxy) is 2. The van der Waals surface area contributed by atoms with E-state index in [0.29, 0.717) is 26.2 Å². The molecule has 2 aromatic rings. The summed E-state index contributed by atoms with van der Waals surface area (Å²) >= 11 is 0. The minimum Gasteiger partial charge on any atom is -0.376 e. The highest BCUT2D eigenvalue weighted by atomic mass is 16.6. The molecule has 3 nitrogen and oxygen atoms in total. The maximum absolute atomic E-state index is 10.8. The molecule has 0 saturated heterocycles. The van der Waals surface area contributed by atoms with Crippen LogP contribution in [0.1, 0.15) is 30.4 Å². The van der Waals surface area contributed by atoms with Gasteiger partial charge in [0.15, 0.2) is 5.79 Å². The van der Waals surface area contributed by atoms with Gasteiger partial charge in [-0.15, -0.1) is 0 Å². The summed E-state index contributed by atoms with van der Waals surface area (Å²) in [5, 5.41) is 10.8. The SMILES string of the molecule is OC1(OCc2ccccc2)CCCC1COCc1ccccc1. The molecule has 3 rings (SSSR count). The van der Waals surface area contributed by atoms with Crippen molar-refractivity contribution in [2.45, 2.75) is 38.3 Å². The van der Waals surface area contributed by atoms with Crippen LogP contribution in [0.3, 0.4) is 0 Å². The molecule has 1 aliphatic carbocycles. The van der Waals surface area contributed by atoms with Crippen molar-refractivity contribution in [1.82, 2.24) is 0 Å². The number of benzene rings is 2. The van der Waals surface area contributed by atoms with E-state index in [4.69, 9.17) is 9.47 Å². The molecule has 2 aromatic carbocycles. The highest BCUT2D eigenvalue weighted by Gasteiger charge is 2.42. The summed E-state index contributed by atoms with van der Waals surface area (Å²) in [5.74, 6) is -1.03. The van der Waals surface area contributed by atoms with Gasteiger partial charge in [0.25, 0.3) is 0 Å². The summed E-state index contributed by atoms with van der Waals surface area (Å²) in [4.78, 5) is 0. The van der Waals surface area contributed by atoms with Crippen LogP contribution in [0.25, 0.3) is 0 Å². The molecule has 0 bridgehead atoms. The predicted molar refractivity (Wildman–Crippen MR) is 89.6 cm³/mol. The first-order valence-corrected chi connectivity index (χ1v) is 8.28. The molecule has 0 aliphatic heterocycles. The van der Waals surface area contributed by atoms with Crippen LogP contribution in [0.15, 0.2) is 60.7 Å². The van der Waals surface area contributed by atoms with Crippen molar-refractivity contribution in [2.75, 3.05) is 6.61 Å². The minimum atomic E-state index is -1.06. The number of rotatable bonds is 7. The van der Waals surface area contributed by atoms with Crippen molar-refractivity contribution in [2.24, 2.45) is 5.92 Å². The molecule has 23 heavy (non-hydrogen) atoms. The van der Waals surface area contributed by atoms with Gasteiger partial charge >= 0.3 is 0 Å². The van der Waals surface area contributed by atoms with E-state index < -0.39 is 5.79 Å². The Hall–Kier alpha value is -1.68. The van der Waals surface area contributed by atoms with Gasteiger partial charge in [0, 0.05) is 12.3 Å². The second-order valence-corrected chi connectivity index (χ2v) is 6.21. The summed E-state index contributed by atoms with van der Waals surface area (Å²) in [6.45, 7) is 1.54. The van der Waals surface area contributed by atoms with Crippen molar-refractivity contribution in [1.29, 1.82) is 0 Å². The molecule has 2 atom stereocenters. The van der Waals surface area contributed by atoms with Crippen molar-refractivity contribution in [3.8, 4) is 0 Å². The molecule has 0 spiro atoms. The molecule has 0 heterocycles. The zero-order valence-electron chi connectivity index (χ0n) is 13.4. The molecule has 2 unspecified atom stereocenters.